The number of aliphatic hydroxyl groups is 1. The van der Waals surface area contributed by atoms with E-state index in [-0.39, 0.29) is 5.75 Å². The molecule has 0 unspecified atom stereocenters. The maximum absolute atomic E-state index is 11.1. The first-order chi connectivity index (χ1) is 12.5. The summed E-state index contributed by atoms with van der Waals surface area (Å²) < 4.78 is 16.3. The van der Waals surface area contributed by atoms with Gasteiger partial charge in [-0.15, -0.1) is 0 Å². The minimum Gasteiger partial charge on any atom is -0.508 e. The number of ether oxygens (including phenoxy) is 2. The summed E-state index contributed by atoms with van der Waals surface area (Å²) in [6, 6.07) is 8.55. The molecule has 1 atom stereocenters. The normalized spacial score (nSPS) is 12.5. The Balaban J connectivity index is 2.18. The summed E-state index contributed by atoms with van der Waals surface area (Å²) in [7, 11) is 6.95. The Morgan fingerprint density at radius 2 is 1.85 bits per heavy atom. The van der Waals surface area contributed by atoms with Crippen molar-refractivity contribution in [3.05, 3.63) is 53.3 Å². The highest BCUT2D eigenvalue weighted by molar-refractivity contribution is 5.87. The number of aromatic hydroxyl groups is 1. The average Bonchev–Trinajstić information content (AvgIpc) is 3.07. The van der Waals surface area contributed by atoms with Crippen LogP contribution in [-0.2, 0) is 6.54 Å². The zero-order valence-electron chi connectivity index (χ0n) is 15.3. The van der Waals surface area contributed by atoms with E-state index >= 15 is 0 Å². The maximum atomic E-state index is 11.1. The largest absolute Gasteiger partial charge is 0.508 e. The minimum absolute atomic E-state index is 0.165. The van der Waals surface area contributed by atoms with Gasteiger partial charge in [0.25, 0.3) is 0 Å². The Bertz CT molecular complexity index is 916. The van der Waals surface area contributed by atoms with Gasteiger partial charge < -0.3 is 29.0 Å². The summed E-state index contributed by atoms with van der Waals surface area (Å²) in [5.41, 5.74) is 2.45. The third kappa shape index (κ3) is 3.21. The standard InChI is InChI=1S/C20H23NO5/c1-21(2)10-14-16(22)6-8-18-19(14)15(11-26-18)20(23)13-9-12(24-3)5-7-17(13)25-4/h5-9,11,20,22-23H,10H2,1-4H3/t20-/m1/s1. The third-order valence-corrected chi connectivity index (χ3v) is 4.35. The van der Waals surface area contributed by atoms with Crippen molar-refractivity contribution in [1.82, 2.24) is 4.90 Å². The van der Waals surface area contributed by atoms with Gasteiger partial charge in [0.05, 0.1) is 20.5 Å². The molecule has 0 aliphatic heterocycles. The van der Waals surface area contributed by atoms with Crippen molar-refractivity contribution in [2.45, 2.75) is 12.6 Å². The number of phenols is 1. The van der Waals surface area contributed by atoms with E-state index in [0.29, 0.717) is 45.7 Å². The third-order valence-electron chi connectivity index (χ3n) is 4.35. The molecule has 3 aromatic rings. The van der Waals surface area contributed by atoms with E-state index in [9.17, 15) is 10.2 Å². The second kappa shape index (κ2) is 7.27. The molecular formula is C20H23NO5. The van der Waals surface area contributed by atoms with Crippen molar-refractivity contribution in [2.75, 3.05) is 28.3 Å². The van der Waals surface area contributed by atoms with Gasteiger partial charge in [0, 0.05) is 28.6 Å². The fourth-order valence-electron chi connectivity index (χ4n) is 3.11. The molecule has 3 rings (SSSR count). The van der Waals surface area contributed by atoms with Crippen LogP contribution >= 0.6 is 0 Å². The number of methoxy groups -OCH3 is 2. The highest BCUT2D eigenvalue weighted by atomic mass is 16.5. The van der Waals surface area contributed by atoms with Crippen LogP contribution in [-0.4, -0.2) is 43.4 Å². The number of benzene rings is 2. The second-order valence-electron chi connectivity index (χ2n) is 6.38. The molecule has 1 aromatic heterocycles. The molecule has 0 aliphatic carbocycles. The molecule has 0 saturated heterocycles. The van der Waals surface area contributed by atoms with Gasteiger partial charge in [-0.1, -0.05) is 0 Å². The highest BCUT2D eigenvalue weighted by Crippen LogP contribution is 2.40. The molecule has 0 saturated carbocycles. The summed E-state index contributed by atoms with van der Waals surface area (Å²) in [5, 5.41) is 22.1. The SMILES string of the molecule is COc1ccc(OC)c([C@@H](O)c2coc3ccc(O)c(CN(C)C)c23)c1. The van der Waals surface area contributed by atoms with Crippen molar-refractivity contribution in [1.29, 1.82) is 0 Å². The zero-order valence-corrected chi connectivity index (χ0v) is 15.3. The lowest BCUT2D eigenvalue weighted by atomic mass is 9.96. The van der Waals surface area contributed by atoms with Gasteiger partial charge in [0.1, 0.15) is 28.9 Å². The molecular weight excluding hydrogens is 334 g/mol. The zero-order chi connectivity index (χ0) is 18.8. The Morgan fingerprint density at radius 3 is 2.50 bits per heavy atom. The Kier molecular flexibility index (Phi) is 5.06. The molecule has 0 aliphatic rings. The minimum atomic E-state index is -0.996. The second-order valence-corrected chi connectivity index (χ2v) is 6.38. The predicted octanol–water partition coefficient (Wildman–Crippen LogP) is 3.30. The van der Waals surface area contributed by atoms with Gasteiger partial charge in [0.15, 0.2) is 0 Å². The van der Waals surface area contributed by atoms with Crippen molar-refractivity contribution in [3.63, 3.8) is 0 Å². The lowest BCUT2D eigenvalue weighted by Crippen LogP contribution is -2.12. The molecule has 2 aromatic carbocycles. The fourth-order valence-corrected chi connectivity index (χ4v) is 3.11. The summed E-state index contributed by atoms with van der Waals surface area (Å²) in [5.74, 6) is 1.32. The van der Waals surface area contributed by atoms with Crippen LogP contribution in [0, 0.1) is 0 Å². The van der Waals surface area contributed by atoms with Crippen LogP contribution in [0.1, 0.15) is 22.8 Å². The van der Waals surface area contributed by atoms with Crippen molar-refractivity contribution in [2.24, 2.45) is 0 Å². The molecule has 0 fully saturated rings. The molecule has 0 spiro atoms. The average molecular weight is 357 g/mol. The maximum Gasteiger partial charge on any atom is 0.134 e. The number of phenolic OH excluding ortho intramolecular Hbond substituents is 1. The van der Waals surface area contributed by atoms with Gasteiger partial charge in [0.2, 0.25) is 0 Å². The number of nitrogens with zero attached hydrogens (tertiary/aromatic N) is 1. The van der Waals surface area contributed by atoms with Crippen LogP contribution in [0.15, 0.2) is 41.0 Å². The summed E-state index contributed by atoms with van der Waals surface area (Å²) in [6.07, 6.45) is 0.524. The molecule has 0 radical (unpaired) electrons. The van der Waals surface area contributed by atoms with E-state index in [1.165, 1.54) is 6.26 Å². The van der Waals surface area contributed by atoms with E-state index in [2.05, 4.69) is 0 Å². The lowest BCUT2D eigenvalue weighted by molar-refractivity contribution is 0.214. The van der Waals surface area contributed by atoms with Gasteiger partial charge in [-0.2, -0.15) is 0 Å². The molecule has 138 valence electrons. The number of furan rings is 1. The van der Waals surface area contributed by atoms with Crippen molar-refractivity contribution >= 4 is 11.0 Å². The van der Waals surface area contributed by atoms with Crippen LogP contribution in [0.3, 0.4) is 0 Å². The molecule has 2 N–H and O–H groups in total. The van der Waals surface area contributed by atoms with Crippen molar-refractivity contribution < 1.29 is 24.1 Å². The van der Waals surface area contributed by atoms with Crippen LogP contribution in [0.25, 0.3) is 11.0 Å². The molecule has 26 heavy (non-hydrogen) atoms. The van der Waals surface area contributed by atoms with E-state index in [4.69, 9.17) is 13.9 Å². The monoisotopic (exact) mass is 357 g/mol. The van der Waals surface area contributed by atoms with Crippen LogP contribution in [0.2, 0.25) is 0 Å². The van der Waals surface area contributed by atoms with E-state index in [1.54, 1.807) is 44.6 Å². The van der Waals surface area contributed by atoms with Crippen molar-refractivity contribution in [3.8, 4) is 17.2 Å². The number of hydrogen-bond donors (Lipinski definition) is 2. The molecule has 6 heteroatoms. The van der Waals surface area contributed by atoms with E-state index in [0.717, 1.165) is 0 Å². The summed E-state index contributed by atoms with van der Waals surface area (Å²) in [6.45, 7) is 0.512. The quantitative estimate of drug-likeness (QED) is 0.705. The summed E-state index contributed by atoms with van der Waals surface area (Å²) >= 11 is 0. The first-order valence-electron chi connectivity index (χ1n) is 8.23. The lowest BCUT2D eigenvalue weighted by Gasteiger charge is -2.17. The van der Waals surface area contributed by atoms with Gasteiger partial charge in [-0.25, -0.2) is 0 Å². The van der Waals surface area contributed by atoms with Gasteiger partial charge in [-0.05, 0) is 44.4 Å². The first-order valence-corrected chi connectivity index (χ1v) is 8.23. The number of fused-ring (bicyclic) bond motifs is 1. The van der Waals surface area contributed by atoms with E-state index < -0.39 is 6.10 Å². The molecule has 1 heterocycles. The van der Waals surface area contributed by atoms with Crippen LogP contribution in [0.4, 0.5) is 0 Å². The van der Waals surface area contributed by atoms with Crippen LogP contribution in [0.5, 0.6) is 17.2 Å². The predicted molar refractivity (Wildman–Crippen MR) is 98.9 cm³/mol. The van der Waals surface area contributed by atoms with E-state index in [1.807, 2.05) is 19.0 Å². The smallest absolute Gasteiger partial charge is 0.134 e. The Hall–Kier alpha value is -2.70. The number of hydrogen-bond acceptors (Lipinski definition) is 6. The van der Waals surface area contributed by atoms with Gasteiger partial charge >= 0.3 is 0 Å². The fraction of sp³-hybridized carbons (Fsp3) is 0.300. The number of rotatable bonds is 6. The number of aliphatic hydroxyl groups excluding tert-OH is 1. The molecule has 6 nitrogen and oxygen atoms in total. The first kappa shape index (κ1) is 18.1. The Labute approximate surface area is 152 Å². The molecule has 0 bridgehead atoms. The topological polar surface area (TPSA) is 75.3 Å². The van der Waals surface area contributed by atoms with Crippen LogP contribution < -0.4 is 9.47 Å². The van der Waals surface area contributed by atoms with Gasteiger partial charge in [-0.3, -0.25) is 0 Å². The summed E-state index contributed by atoms with van der Waals surface area (Å²) in [4.78, 5) is 1.95. The highest BCUT2D eigenvalue weighted by Gasteiger charge is 2.24. The molecule has 0 amide bonds. The Morgan fingerprint density at radius 1 is 1.08 bits per heavy atom.